The third-order valence-electron chi connectivity index (χ3n) is 2.07. The third-order valence-corrected chi connectivity index (χ3v) is 2.07. The third kappa shape index (κ3) is 4.33. The second-order valence-corrected chi connectivity index (χ2v) is 3.29. The van der Waals surface area contributed by atoms with Crippen molar-refractivity contribution in [3.05, 3.63) is 12.2 Å². The van der Waals surface area contributed by atoms with Gasteiger partial charge in [-0.3, -0.25) is 19.3 Å². The summed E-state index contributed by atoms with van der Waals surface area (Å²) < 4.78 is 4.83. The molecule has 0 aromatic rings. The maximum atomic E-state index is 11.3. The second kappa shape index (κ2) is 6.77. The molecule has 0 spiro atoms. The van der Waals surface area contributed by atoms with Crippen molar-refractivity contribution in [2.24, 2.45) is 0 Å². The van der Waals surface area contributed by atoms with E-state index in [2.05, 4.69) is 5.32 Å². The lowest BCUT2D eigenvalue weighted by Crippen LogP contribution is -2.35. The molecule has 0 atom stereocenters. The first-order chi connectivity index (χ1) is 8.15. The number of ether oxygens (including phenoxy) is 1. The van der Waals surface area contributed by atoms with Crippen molar-refractivity contribution in [2.75, 3.05) is 26.5 Å². The number of aliphatic hydroxyl groups is 1. The lowest BCUT2D eigenvalue weighted by Gasteiger charge is -2.13. The number of carbonyl (C=O) groups excluding carboxylic acids is 3. The summed E-state index contributed by atoms with van der Waals surface area (Å²) in [5.41, 5.74) is 0. The van der Waals surface area contributed by atoms with E-state index in [1.165, 1.54) is 12.2 Å². The Balaban J connectivity index is 2.16. The number of nitrogens with one attached hydrogen (secondary N) is 1. The van der Waals surface area contributed by atoms with Gasteiger partial charge >= 0.3 is 0 Å². The zero-order valence-electron chi connectivity index (χ0n) is 9.22. The molecule has 0 saturated carbocycles. The second-order valence-electron chi connectivity index (χ2n) is 3.29. The standard InChI is InChI=1S/C10H14N2O5/c13-5-6-17-7-11-8(14)3-4-12-9(15)1-2-10(12)16/h1-2,13H,3-7H2,(H,11,14). The Kier molecular flexibility index (Phi) is 5.31. The summed E-state index contributed by atoms with van der Waals surface area (Å²) in [4.78, 5) is 34.5. The summed E-state index contributed by atoms with van der Waals surface area (Å²) in [7, 11) is 0. The molecule has 2 N–H and O–H groups in total. The van der Waals surface area contributed by atoms with Gasteiger partial charge in [0.15, 0.2) is 0 Å². The Bertz CT molecular complexity index is 322. The Morgan fingerprint density at radius 2 is 2.00 bits per heavy atom. The molecule has 0 unspecified atom stereocenters. The molecular formula is C10H14N2O5. The summed E-state index contributed by atoms with van der Waals surface area (Å²) in [6.07, 6.45) is 2.37. The Hall–Kier alpha value is -1.73. The molecule has 0 fully saturated rings. The number of hydrogen-bond acceptors (Lipinski definition) is 5. The smallest absolute Gasteiger partial charge is 0.253 e. The fraction of sp³-hybridized carbons (Fsp3) is 0.500. The van der Waals surface area contributed by atoms with E-state index in [1.807, 2.05) is 0 Å². The SMILES string of the molecule is O=C(CCN1C(=O)C=CC1=O)NCOCCO. The van der Waals surface area contributed by atoms with Gasteiger partial charge < -0.3 is 15.2 Å². The minimum Gasteiger partial charge on any atom is -0.394 e. The predicted octanol–water partition coefficient (Wildman–Crippen LogP) is -1.62. The highest BCUT2D eigenvalue weighted by atomic mass is 16.5. The first kappa shape index (κ1) is 13.3. The van der Waals surface area contributed by atoms with E-state index in [0.717, 1.165) is 4.90 Å². The van der Waals surface area contributed by atoms with Crippen LogP contribution in [0, 0.1) is 0 Å². The first-order valence-electron chi connectivity index (χ1n) is 5.14. The van der Waals surface area contributed by atoms with Crippen LogP contribution in [0.3, 0.4) is 0 Å². The first-order valence-corrected chi connectivity index (χ1v) is 5.14. The molecule has 17 heavy (non-hydrogen) atoms. The molecule has 7 nitrogen and oxygen atoms in total. The van der Waals surface area contributed by atoms with E-state index >= 15 is 0 Å². The van der Waals surface area contributed by atoms with Gasteiger partial charge in [0, 0.05) is 25.1 Å². The van der Waals surface area contributed by atoms with Crippen molar-refractivity contribution in [3.63, 3.8) is 0 Å². The van der Waals surface area contributed by atoms with Gasteiger partial charge in [-0.2, -0.15) is 0 Å². The van der Waals surface area contributed by atoms with E-state index in [9.17, 15) is 14.4 Å². The van der Waals surface area contributed by atoms with Crippen LogP contribution in [0.4, 0.5) is 0 Å². The topological polar surface area (TPSA) is 95.9 Å². The monoisotopic (exact) mass is 242 g/mol. The minimum absolute atomic E-state index is 0.000460. The number of rotatable bonds is 7. The van der Waals surface area contributed by atoms with Gasteiger partial charge in [0.25, 0.3) is 11.8 Å². The van der Waals surface area contributed by atoms with Crippen molar-refractivity contribution < 1.29 is 24.2 Å². The lowest BCUT2D eigenvalue weighted by molar-refractivity contribution is -0.137. The van der Waals surface area contributed by atoms with Crippen molar-refractivity contribution in [3.8, 4) is 0 Å². The molecule has 94 valence electrons. The average Bonchev–Trinajstić information content (AvgIpc) is 2.62. The Morgan fingerprint density at radius 1 is 1.35 bits per heavy atom. The molecule has 0 aliphatic carbocycles. The molecule has 1 heterocycles. The van der Waals surface area contributed by atoms with Crippen LogP contribution in [-0.2, 0) is 19.1 Å². The average molecular weight is 242 g/mol. The molecular weight excluding hydrogens is 228 g/mol. The number of imide groups is 1. The van der Waals surface area contributed by atoms with E-state index in [4.69, 9.17) is 9.84 Å². The van der Waals surface area contributed by atoms with Crippen molar-refractivity contribution in [2.45, 2.75) is 6.42 Å². The van der Waals surface area contributed by atoms with Gasteiger partial charge in [0.1, 0.15) is 6.73 Å². The van der Waals surface area contributed by atoms with Gasteiger partial charge in [-0.15, -0.1) is 0 Å². The highest BCUT2D eigenvalue weighted by molar-refractivity contribution is 6.13. The van der Waals surface area contributed by atoms with E-state index < -0.39 is 11.8 Å². The minimum atomic E-state index is -0.403. The summed E-state index contributed by atoms with van der Waals surface area (Å²) in [5, 5.41) is 10.8. The number of carbonyl (C=O) groups is 3. The molecule has 0 saturated heterocycles. The number of nitrogens with zero attached hydrogens (tertiary/aromatic N) is 1. The largest absolute Gasteiger partial charge is 0.394 e. The molecule has 1 aliphatic heterocycles. The fourth-order valence-corrected chi connectivity index (χ4v) is 1.22. The van der Waals surface area contributed by atoms with Crippen LogP contribution in [0.15, 0.2) is 12.2 Å². The molecule has 7 heteroatoms. The molecule has 0 bridgehead atoms. The fourth-order valence-electron chi connectivity index (χ4n) is 1.22. The maximum Gasteiger partial charge on any atom is 0.253 e. The zero-order chi connectivity index (χ0) is 12.7. The number of amides is 3. The quantitative estimate of drug-likeness (QED) is 0.318. The van der Waals surface area contributed by atoms with E-state index in [1.54, 1.807) is 0 Å². The molecule has 1 aliphatic rings. The van der Waals surface area contributed by atoms with Crippen molar-refractivity contribution >= 4 is 17.7 Å². The van der Waals surface area contributed by atoms with Gasteiger partial charge in [0.05, 0.1) is 13.2 Å². The Morgan fingerprint density at radius 3 is 2.59 bits per heavy atom. The van der Waals surface area contributed by atoms with Crippen molar-refractivity contribution in [1.82, 2.24) is 10.2 Å². The summed E-state index contributed by atoms with van der Waals surface area (Å²) in [6.45, 7) is 0.0850. The molecule has 1 rings (SSSR count). The normalized spacial score (nSPS) is 14.5. The molecule has 0 radical (unpaired) electrons. The summed E-state index contributed by atoms with van der Waals surface area (Å²) in [6, 6.07) is 0. The van der Waals surface area contributed by atoms with Crippen LogP contribution < -0.4 is 5.32 Å². The van der Waals surface area contributed by atoms with Crippen LogP contribution >= 0.6 is 0 Å². The highest BCUT2D eigenvalue weighted by Gasteiger charge is 2.23. The van der Waals surface area contributed by atoms with E-state index in [-0.39, 0.29) is 38.8 Å². The van der Waals surface area contributed by atoms with Gasteiger partial charge in [0.2, 0.25) is 5.91 Å². The number of aliphatic hydroxyl groups excluding tert-OH is 1. The highest BCUT2D eigenvalue weighted by Crippen LogP contribution is 2.03. The summed E-state index contributed by atoms with van der Waals surface area (Å²) >= 11 is 0. The predicted molar refractivity (Wildman–Crippen MR) is 56.5 cm³/mol. The van der Waals surface area contributed by atoms with Crippen LogP contribution in [0.2, 0.25) is 0 Å². The summed E-state index contributed by atoms with van der Waals surface area (Å²) in [5.74, 6) is -1.13. The molecule has 0 aromatic heterocycles. The Labute approximate surface area is 98.0 Å². The van der Waals surface area contributed by atoms with Crippen molar-refractivity contribution in [1.29, 1.82) is 0 Å². The van der Waals surface area contributed by atoms with Gasteiger partial charge in [-0.05, 0) is 0 Å². The van der Waals surface area contributed by atoms with Gasteiger partial charge in [-0.25, -0.2) is 0 Å². The molecule has 3 amide bonds. The van der Waals surface area contributed by atoms with Gasteiger partial charge in [-0.1, -0.05) is 0 Å². The zero-order valence-corrected chi connectivity index (χ0v) is 9.22. The van der Waals surface area contributed by atoms with Crippen LogP contribution in [0.5, 0.6) is 0 Å². The maximum absolute atomic E-state index is 11.3. The van der Waals surface area contributed by atoms with Crippen LogP contribution in [-0.4, -0.2) is 54.2 Å². The lowest BCUT2D eigenvalue weighted by atomic mass is 10.3. The van der Waals surface area contributed by atoms with E-state index in [0.29, 0.717) is 0 Å². The number of hydrogen-bond donors (Lipinski definition) is 2. The van der Waals surface area contributed by atoms with Crippen LogP contribution in [0.25, 0.3) is 0 Å². The van der Waals surface area contributed by atoms with Crippen LogP contribution in [0.1, 0.15) is 6.42 Å². The molecule has 0 aromatic carbocycles.